The topological polar surface area (TPSA) is 76.9 Å². The second kappa shape index (κ2) is 7.30. The van der Waals surface area contributed by atoms with Gasteiger partial charge >= 0.3 is 0 Å². The lowest BCUT2D eigenvalue weighted by atomic mass is 10.1. The number of aromatic nitrogens is 3. The molecule has 0 saturated carbocycles. The van der Waals surface area contributed by atoms with Crippen LogP contribution in [0.4, 0.5) is 5.69 Å². The summed E-state index contributed by atoms with van der Waals surface area (Å²) in [6.45, 7) is -0.136. The zero-order chi connectivity index (χ0) is 18.8. The van der Waals surface area contributed by atoms with E-state index in [2.05, 4.69) is 14.7 Å². The number of nitrogens with one attached hydrogen (secondary N) is 1. The highest BCUT2D eigenvalue weighted by Gasteiger charge is 2.15. The number of rotatable bonds is 4. The predicted octanol–water partition coefficient (Wildman–Crippen LogP) is 3.81. The zero-order valence-electron chi connectivity index (χ0n) is 13.9. The first-order valence-corrected chi connectivity index (χ1v) is 9.22. The molecule has 0 atom stereocenters. The van der Waals surface area contributed by atoms with E-state index in [-0.39, 0.29) is 18.0 Å². The Balaban J connectivity index is 1.60. The van der Waals surface area contributed by atoms with Crippen molar-refractivity contribution in [2.45, 2.75) is 6.54 Å². The summed E-state index contributed by atoms with van der Waals surface area (Å²) in [6.07, 6.45) is 1.38. The molecule has 27 heavy (non-hydrogen) atoms. The minimum absolute atomic E-state index is 0.136. The van der Waals surface area contributed by atoms with Crippen LogP contribution in [0.15, 0.2) is 65.7 Å². The lowest BCUT2D eigenvalue weighted by Crippen LogP contribution is -2.27. The quantitative estimate of drug-likeness (QED) is 0.569. The second-order valence-corrected chi connectivity index (χ2v) is 7.02. The summed E-state index contributed by atoms with van der Waals surface area (Å²) in [5.41, 5.74) is 2.44. The Morgan fingerprint density at radius 3 is 2.59 bits per heavy atom. The van der Waals surface area contributed by atoms with Crippen LogP contribution >= 0.6 is 23.1 Å². The normalized spacial score (nSPS) is 10.9. The first kappa shape index (κ1) is 17.4. The van der Waals surface area contributed by atoms with Gasteiger partial charge in [0, 0.05) is 16.3 Å². The van der Waals surface area contributed by atoms with Gasteiger partial charge in [-0.25, -0.2) is 4.98 Å². The fraction of sp³-hybridized carbons (Fsp3) is 0.0526. The summed E-state index contributed by atoms with van der Waals surface area (Å²) in [4.78, 5) is 29.3. The van der Waals surface area contributed by atoms with Gasteiger partial charge in [-0.2, -0.15) is 4.37 Å². The number of amides is 1. The number of hydrogen-bond donors (Lipinski definition) is 1. The Hall–Kier alpha value is -3.03. The van der Waals surface area contributed by atoms with Gasteiger partial charge in [0.15, 0.2) is 0 Å². The molecule has 1 N–H and O–H groups in total. The van der Waals surface area contributed by atoms with Gasteiger partial charge in [-0.1, -0.05) is 41.9 Å². The molecule has 134 valence electrons. The fourth-order valence-electron chi connectivity index (χ4n) is 2.64. The van der Waals surface area contributed by atoms with E-state index in [9.17, 15) is 9.59 Å². The third-order valence-corrected chi connectivity index (χ3v) is 5.01. The monoisotopic (exact) mass is 396 g/mol. The van der Waals surface area contributed by atoms with Gasteiger partial charge in [0.1, 0.15) is 22.5 Å². The molecule has 0 saturated heterocycles. The number of halogens is 1. The van der Waals surface area contributed by atoms with Crippen molar-refractivity contribution in [3.8, 4) is 11.3 Å². The van der Waals surface area contributed by atoms with Crippen LogP contribution in [-0.2, 0) is 11.3 Å². The van der Waals surface area contributed by atoms with Crippen LogP contribution in [0.5, 0.6) is 0 Å². The van der Waals surface area contributed by atoms with Crippen molar-refractivity contribution in [1.29, 1.82) is 0 Å². The Labute approximate surface area is 163 Å². The maximum Gasteiger partial charge on any atom is 0.273 e. The van der Waals surface area contributed by atoms with Gasteiger partial charge < -0.3 is 5.32 Å². The lowest BCUT2D eigenvalue weighted by Gasteiger charge is -2.07. The average Bonchev–Trinajstić information content (AvgIpc) is 3.11. The highest BCUT2D eigenvalue weighted by atomic mass is 35.5. The third-order valence-electron chi connectivity index (χ3n) is 3.94. The highest BCUT2D eigenvalue weighted by Crippen LogP contribution is 2.26. The molecule has 2 heterocycles. The van der Waals surface area contributed by atoms with Crippen molar-refractivity contribution in [1.82, 2.24) is 13.9 Å². The molecule has 0 spiro atoms. The lowest BCUT2D eigenvalue weighted by molar-refractivity contribution is -0.116. The van der Waals surface area contributed by atoms with Gasteiger partial charge in [-0.3, -0.25) is 14.2 Å². The molecule has 0 aliphatic carbocycles. The Morgan fingerprint density at radius 2 is 1.85 bits per heavy atom. The molecule has 0 unspecified atom stereocenters. The molecule has 0 radical (unpaired) electrons. The van der Waals surface area contributed by atoms with Crippen molar-refractivity contribution in [2.75, 3.05) is 5.32 Å². The van der Waals surface area contributed by atoms with Gasteiger partial charge in [0.2, 0.25) is 5.91 Å². The van der Waals surface area contributed by atoms with E-state index >= 15 is 0 Å². The number of carbonyl (C=O) groups excluding carboxylic acids is 1. The van der Waals surface area contributed by atoms with Crippen molar-refractivity contribution in [3.63, 3.8) is 0 Å². The molecule has 6 nitrogen and oxygen atoms in total. The molecular weight excluding hydrogens is 384 g/mol. The number of benzene rings is 2. The highest BCUT2D eigenvalue weighted by molar-refractivity contribution is 7.13. The molecule has 2 aromatic heterocycles. The predicted molar refractivity (Wildman–Crippen MR) is 107 cm³/mol. The minimum atomic E-state index is -0.326. The van der Waals surface area contributed by atoms with Gasteiger partial charge in [0.25, 0.3) is 5.56 Å². The first-order chi connectivity index (χ1) is 13.1. The van der Waals surface area contributed by atoms with E-state index in [0.29, 0.717) is 26.6 Å². The van der Waals surface area contributed by atoms with E-state index in [1.165, 1.54) is 10.9 Å². The van der Waals surface area contributed by atoms with Gasteiger partial charge in [-0.15, -0.1) is 0 Å². The van der Waals surface area contributed by atoms with Crippen LogP contribution in [0.1, 0.15) is 0 Å². The van der Waals surface area contributed by atoms with E-state index in [4.69, 9.17) is 11.6 Å². The van der Waals surface area contributed by atoms with Crippen LogP contribution in [0.25, 0.3) is 21.5 Å². The molecule has 8 heteroatoms. The zero-order valence-corrected chi connectivity index (χ0v) is 15.5. The summed E-state index contributed by atoms with van der Waals surface area (Å²) in [5.74, 6) is -0.326. The molecule has 0 aliphatic heterocycles. The van der Waals surface area contributed by atoms with Crippen LogP contribution in [0, 0.1) is 0 Å². The first-order valence-electron chi connectivity index (χ1n) is 8.07. The van der Waals surface area contributed by atoms with Gasteiger partial charge in [-0.05, 0) is 35.8 Å². The number of fused-ring (bicyclic) bond motifs is 1. The van der Waals surface area contributed by atoms with Crippen molar-refractivity contribution in [2.24, 2.45) is 0 Å². The van der Waals surface area contributed by atoms with Crippen molar-refractivity contribution >= 4 is 44.9 Å². The summed E-state index contributed by atoms with van der Waals surface area (Å²) in [5, 5.41) is 3.31. The third kappa shape index (κ3) is 3.60. The molecular formula is C19H13ClN4O2S. The maximum absolute atomic E-state index is 12.7. The van der Waals surface area contributed by atoms with Crippen LogP contribution < -0.4 is 10.9 Å². The fourth-order valence-corrected chi connectivity index (χ4v) is 3.57. The Kier molecular flexibility index (Phi) is 4.70. The number of hydrogen-bond acceptors (Lipinski definition) is 5. The average molecular weight is 397 g/mol. The summed E-state index contributed by atoms with van der Waals surface area (Å²) >= 11 is 6.92. The molecule has 2 aromatic carbocycles. The number of carbonyl (C=O) groups is 1. The number of anilines is 1. The minimum Gasteiger partial charge on any atom is -0.325 e. The molecule has 4 rings (SSSR count). The van der Waals surface area contributed by atoms with E-state index in [1.54, 1.807) is 24.3 Å². The van der Waals surface area contributed by atoms with E-state index in [1.807, 2.05) is 30.3 Å². The maximum atomic E-state index is 12.7. The molecule has 4 aromatic rings. The largest absolute Gasteiger partial charge is 0.325 e. The van der Waals surface area contributed by atoms with Gasteiger partial charge in [0.05, 0.1) is 6.33 Å². The number of nitrogens with zero attached hydrogens (tertiary/aromatic N) is 3. The van der Waals surface area contributed by atoms with Crippen LogP contribution in [-0.4, -0.2) is 19.8 Å². The SMILES string of the molecule is O=C(Cn1cnc2c(-c3ccccc3)nsc2c1=O)Nc1ccc(Cl)cc1. The summed E-state index contributed by atoms with van der Waals surface area (Å²) < 4.78 is 6.08. The molecule has 0 aliphatic rings. The second-order valence-electron chi connectivity index (χ2n) is 5.81. The Bertz CT molecular complexity index is 1170. The standard InChI is InChI=1S/C19H13ClN4O2S/c20-13-6-8-14(9-7-13)22-15(25)10-24-11-21-17-16(12-4-2-1-3-5-12)23-27-18(17)19(24)26/h1-9,11H,10H2,(H,22,25). The molecule has 0 fully saturated rings. The van der Waals surface area contributed by atoms with Crippen molar-refractivity contribution in [3.05, 3.63) is 76.3 Å². The molecule has 0 bridgehead atoms. The van der Waals surface area contributed by atoms with E-state index < -0.39 is 0 Å². The van der Waals surface area contributed by atoms with Crippen LogP contribution in [0.3, 0.4) is 0 Å². The smallest absolute Gasteiger partial charge is 0.273 e. The summed E-state index contributed by atoms with van der Waals surface area (Å²) in [6, 6.07) is 16.3. The van der Waals surface area contributed by atoms with E-state index in [0.717, 1.165) is 17.1 Å². The Morgan fingerprint density at radius 1 is 1.11 bits per heavy atom. The van der Waals surface area contributed by atoms with Crippen molar-refractivity contribution < 1.29 is 4.79 Å². The van der Waals surface area contributed by atoms with Crippen LogP contribution in [0.2, 0.25) is 5.02 Å². The summed E-state index contributed by atoms with van der Waals surface area (Å²) in [7, 11) is 0. The molecule has 1 amide bonds.